The summed E-state index contributed by atoms with van der Waals surface area (Å²) < 4.78 is 0. The minimum atomic E-state index is 0.247. The lowest BCUT2D eigenvalue weighted by molar-refractivity contribution is 0.307. The Balaban J connectivity index is 1.97. The van der Waals surface area contributed by atoms with Crippen molar-refractivity contribution in [3.05, 3.63) is 47.2 Å². The maximum atomic E-state index is 2.49. The van der Waals surface area contributed by atoms with Gasteiger partial charge in [0.05, 0.1) is 0 Å². The maximum absolute atomic E-state index is 2.49. The summed E-state index contributed by atoms with van der Waals surface area (Å²) in [6.07, 6.45) is 7.55. The molecular formula is C19H29N. The van der Waals surface area contributed by atoms with Gasteiger partial charge in [0, 0.05) is 13.1 Å². The topological polar surface area (TPSA) is 3.24 Å². The molecule has 20 heavy (non-hydrogen) atoms. The van der Waals surface area contributed by atoms with Crippen molar-refractivity contribution in [2.45, 2.75) is 58.8 Å². The zero-order valence-electron chi connectivity index (χ0n) is 13.6. The quantitative estimate of drug-likeness (QED) is 0.754. The molecule has 1 saturated heterocycles. The molecule has 1 aromatic rings. The van der Waals surface area contributed by atoms with E-state index in [9.17, 15) is 0 Å². The van der Waals surface area contributed by atoms with E-state index < -0.39 is 0 Å². The van der Waals surface area contributed by atoms with Gasteiger partial charge in [0.2, 0.25) is 0 Å². The Morgan fingerprint density at radius 3 is 2.20 bits per heavy atom. The molecule has 0 saturated carbocycles. The van der Waals surface area contributed by atoms with Gasteiger partial charge in [0.25, 0.3) is 0 Å². The molecule has 1 fully saturated rings. The fourth-order valence-corrected chi connectivity index (χ4v) is 2.85. The Labute approximate surface area is 124 Å². The van der Waals surface area contributed by atoms with Gasteiger partial charge in [-0.1, -0.05) is 50.6 Å². The number of hydrogen-bond acceptors (Lipinski definition) is 1. The van der Waals surface area contributed by atoms with Crippen LogP contribution >= 0.6 is 0 Å². The molecule has 0 spiro atoms. The number of hydrogen-bond donors (Lipinski definition) is 0. The van der Waals surface area contributed by atoms with Gasteiger partial charge in [0.15, 0.2) is 0 Å². The fraction of sp³-hybridized carbons (Fsp3) is 0.579. The van der Waals surface area contributed by atoms with Crippen LogP contribution in [0.2, 0.25) is 0 Å². The molecule has 0 aromatic heterocycles. The summed E-state index contributed by atoms with van der Waals surface area (Å²) in [6.45, 7) is 11.5. The summed E-state index contributed by atoms with van der Waals surface area (Å²) in [6, 6.07) is 9.13. The predicted octanol–water partition coefficient (Wildman–Crippen LogP) is 4.92. The van der Waals surface area contributed by atoms with E-state index in [1.807, 2.05) is 0 Å². The molecule has 2 rings (SSSR count). The molecule has 0 bridgehead atoms. The van der Waals surface area contributed by atoms with E-state index in [0.717, 1.165) is 6.42 Å². The molecule has 1 aliphatic heterocycles. The molecule has 1 heterocycles. The standard InChI is InChI=1S/C19H29N/c1-16(15-20-12-6-5-7-13-20)14-17-8-10-18(11-9-17)19(2,3)4/h8-11,15H,5-7,12-14H2,1-4H3/b16-15+. The highest BCUT2D eigenvalue weighted by Gasteiger charge is 2.13. The summed E-state index contributed by atoms with van der Waals surface area (Å²) in [5.74, 6) is 0. The average molecular weight is 271 g/mol. The average Bonchev–Trinajstić information content (AvgIpc) is 2.39. The van der Waals surface area contributed by atoms with Crippen molar-refractivity contribution in [1.29, 1.82) is 0 Å². The van der Waals surface area contributed by atoms with Crippen LogP contribution in [0.25, 0.3) is 0 Å². The molecule has 0 amide bonds. The second kappa shape index (κ2) is 6.47. The van der Waals surface area contributed by atoms with Gasteiger partial charge in [-0.15, -0.1) is 0 Å². The first-order chi connectivity index (χ1) is 9.45. The van der Waals surface area contributed by atoms with Crippen LogP contribution in [0.15, 0.2) is 36.0 Å². The smallest absolute Gasteiger partial charge is 0.0172 e. The van der Waals surface area contributed by atoms with Crippen LogP contribution in [0.3, 0.4) is 0 Å². The third-order valence-corrected chi connectivity index (χ3v) is 4.10. The molecule has 1 aliphatic rings. The molecule has 0 unspecified atom stereocenters. The summed E-state index contributed by atoms with van der Waals surface area (Å²) in [5.41, 5.74) is 4.55. The first kappa shape index (κ1) is 15.2. The van der Waals surface area contributed by atoms with E-state index in [-0.39, 0.29) is 5.41 Å². The Bertz CT molecular complexity index is 442. The van der Waals surface area contributed by atoms with Crippen molar-refractivity contribution >= 4 is 0 Å². The molecule has 1 nitrogen and oxygen atoms in total. The van der Waals surface area contributed by atoms with E-state index in [0.29, 0.717) is 0 Å². The van der Waals surface area contributed by atoms with Gasteiger partial charge >= 0.3 is 0 Å². The largest absolute Gasteiger partial charge is 0.377 e. The van der Waals surface area contributed by atoms with E-state index >= 15 is 0 Å². The van der Waals surface area contributed by atoms with E-state index in [2.05, 4.69) is 63.1 Å². The lowest BCUT2D eigenvalue weighted by atomic mass is 9.86. The van der Waals surface area contributed by atoms with Gasteiger partial charge in [0.1, 0.15) is 0 Å². The van der Waals surface area contributed by atoms with Crippen LogP contribution in [0.4, 0.5) is 0 Å². The van der Waals surface area contributed by atoms with Crippen LogP contribution in [-0.2, 0) is 11.8 Å². The molecular weight excluding hydrogens is 242 g/mol. The highest BCUT2D eigenvalue weighted by atomic mass is 15.1. The van der Waals surface area contributed by atoms with Crippen molar-refractivity contribution in [3.8, 4) is 0 Å². The summed E-state index contributed by atoms with van der Waals surface area (Å²) in [7, 11) is 0. The van der Waals surface area contributed by atoms with Gasteiger partial charge in [-0.3, -0.25) is 0 Å². The molecule has 1 aromatic carbocycles. The molecule has 0 aliphatic carbocycles. The first-order valence-corrected chi connectivity index (χ1v) is 7.96. The highest BCUT2D eigenvalue weighted by molar-refractivity contribution is 5.29. The van der Waals surface area contributed by atoms with Gasteiger partial charge in [-0.2, -0.15) is 0 Å². The van der Waals surface area contributed by atoms with Crippen molar-refractivity contribution in [2.75, 3.05) is 13.1 Å². The third-order valence-electron chi connectivity index (χ3n) is 4.10. The Hall–Kier alpha value is -1.24. The van der Waals surface area contributed by atoms with Crippen LogP contribution in [0.5, 0.6) is 0 Å². The van der Waals surface area contributed by atoms with E-state index in [4.69, 9.17) is 0 Å². The van der Waals surface area contributed by atoms with Gasteiger partial charge < -0.3 is 4.90 Å². The lowest BCUT2D eigenvalue weighted by Crippen LogP contribution is -2.24. The minimum Gasteiger partial charge on any atom is -0.377 e. The van der Waals surface area contributed by atoms with Gasteiger partial charge in [-0.25, -0.2) is 0 Å². The van der Waals surface area contributed by atoms with Crippen LogP contribution in [-0.4, -0.2) is 18.0 Å². The van der Waals surface area contributed by atoms with Crippen molar-refractivity contribution in [1.82, 2.24) is 4.90 Å². The Kier molecular flexibility index (Phi) is 4.91. The van der Waals surface area contributed by atoms with Crippen LogP contribution in [0, 0.1) is 0 Å². The molecule has 1 heteroatoms. The molecule has 0 atom stereocenters. The second-order valence-corrected chi connectivity index (χ2v) is 7.20. The molecule has 0 radical (unpaired) electrons. The monoisotopic (exact) mass is 271 g/mol. The first-order valence-electron chi connectivity index (χ1n) is 7.96. The van der Waals surface area contributed by atoms with E-state index in [1.165, 1.54) is 49.1 Å². The summed E-state index contributed by atoms with van der Waals surface area (Å²) in [5, 5.41) is 0. The second-order valence-electron chi connectivity index (χ2n) is 7.20. The number of rotatable bonds is 3. The van der Waals surface area contributed by atoms with Crippen molar-refractivity contribution < 1.29 is 0 Å². The number of nitrogens with zero attached hydrogens (tertiary/aromatic N) is 1. The minimum absolute atomic E-state index is 0.247. The third kappa shape index (κ3) is 4.40. The lowest BCUT2D eigenvalue weighted by Gasteiger charge is -2.26. The summed E-state index contributed by atoms with van der Waals surface area (Å²) >= 11 is 0. The van der Waals surface area contributed by atoms with Crippen LogP contribution in [0.1, 0.15) is 58.1 Å². The SMILES string of the molecule is C/C(=C\N1CCCCC1)Cc1ccc(C(C)(C)C)cc1. The maximum Gasteiger partial charge on any atom is 0.0172 e. The fourth-order valence-electron chi connectivity index (χ4n) is 2.85. The predicted molar refractivity (Wildman–Crippen MR) is 88.0 cm³/mol. The highest BCUT2D eigenvalue weighted by Crippen LogP contribution is 2.23. The number of likely N-dealkylation sites (tertiary alicyclic amines) is 1. The van der Waals surface area contributed by atoms with Crippen LogP contribution < -0.4 is 0 Å². The van der Waals surface area contributed by atoms with Gasteiger partial charge in [-0.05, 0) is 55.3 Å². The zero-order chi connectivity index (χ0) is 14.6. The van der Waals surface area contributed by atoms with Crippen molar-refractivity contribution in [2.24, 2.45) is 0 Å². The molecule has 0 N–H and O–H groups in total. The normalized spacial score (nSPS) is 17.4. The molecule has 110 valence electrons. The Morgan fingerprint density at radius 2 is 1.65 bits per heavy atom. The number of allylic oxidation sites excluding steroid dienone is 1. The zero-order valence-corrected chi connectivity index (χ0v) is 13.6. The van der Waals surface area contributed by atoms with E-state index in [1.54, 1.807) is 0 Å². The number of piperidine rings is 1. The summed E-state index contributed by atoms with van der Waals surface area (Å²) in [4.78, 5) is 2.49. The number of benzene rings is 1. The van der Waals surface area contributed by atoms with Crippen molar-refractivity contribution in [3.63, 3.8) is 0 Å². The Morgan fingerprint density at radius 1 is 1.05 bits per heavy atom.